The summed E-state index contributed by atoms with van der Waals surface area (Å²) in [7, 11) is 1.61. The number of carbonyl (C=O) groups is 3. The molecule has 2 aromatic carbocycles. The first kappa shape index (κ1) is 21.6. The molecule has 3 aromatic rings. The summed E-state index contributed by atoms with van der Waals surface area (Å²) in [6.07, 6.45) is 1.34. The van der Waals surface area contributed by atoms with Gasteiger partial charge in [0.1, 0.15) is 17.1 Å². The fourth-order valence-electron chi connectivity index (χ4n) is 2.69. The van der Waals surface area contributed by atoms with Crippen LogP contribution in [0.2, 0.25) is 0 Å². The van der Waals surface area contributed by atoms with Crippen LogP contribution in [0.5, 0.6) is 5.75 Å². The maximum atomic E-state index is 12.6. The Morgan fingerprint density at radius 2 is 1.71 bits per heavy atom. The largest absolute Gasteiger partial charge is 0.484 e. The van der Waals surface area contributed by atoms with Gasteiger partial charge >= 0.3 is 5.97 Å². The predicted molar refractivity (Wildman–Crippen MR) is 114 cm³/mol. The molecule has 3 rings (SSSR count). The number of carbonyl (C=O) groups excluding carboxylic acids is 3. The minimum absolute atomic E-state index is 0.136. The topological polar surface area (TPSA) is 112 Å². The van der Waals surface area contributed by atoms with Gasteiger partial charge in [0.2, 0.25) is 0 Å². The number of aromatic nitrogens is 2. The lowest BCUT2D eigenvalue weighted by molar-refractivity contribution is -0.118. The van der Waals surface area contributed by atoms with Gasteiger partial charge in [-0.2, -0.15) is 5.10 Å². The molecule has 1 aromatic heterocycles. The standard InChI is InChI=1S/C22H22N4O5/c1-3-30-22(29)18-13-23-26(2)20(18)25-21(28)15-9-11-16(12-10-15)24-19(27)14-31-17-7-5-4-6-8-17/h4-13H,3,14H2,1-2H3,(H,24,27)(H,25,28). The maximum absolute atomic E-state index is 12.6. The van der Waals surface area contributed by atoms with Crippen LogP contribution in [0.4, 0.5) is 11.5 Å². The normalized spacial score (nSPS) is 10.3. The lowest BCUT2D eigenvalue weighted by Crippen LogP contribution is -2.20. The van der Waals surface area contributed by atoms with Gasteiger partial charge < -0.3 is 20.1 Å². The molecule has 0 saturated carbocycles. The lowest BCUT2D eigenvalue weighted by atomic mass is 10.2. The van der Waals surface area contributed by atoms with Crippen molar-refractivity contribution in [3.8, 4) is 5.75 Å². The van der Waals surface area contributed by atoms with Crippen LogP contribution < -0.4 is 15.4 Å². The number of nitrogens with one attached hydrogen (secondary N) is 2. The van der Waals surface area contributed by atoms with Gasteiger partial charge in [-0.15, -0.1) is 0 Å². The Balaban J connectivity index is 1.59. The highest BCUT2D eigenvalue weighted by atomic mass is 16.5. The van der Waals surface area contributed by atoms with Gasteiger partial charge in [0.15, 0.2) is 6.61 Å². The number of ether oxygens (including phenoxy) is 2. The number of hydrogen-bond acceptors (Lipinski definition) is 6. The number of amides is 2. The summed E-state index contributed by atoms with van der Waals surface area (Å²) in [5.41, 5.74) is 1.03. The summed E-state index contributed by atoms with van der Waals surface area (Å²) >= 11 is 0. The van der Waals surface area contributed by atoms with E-state index >= 15 is 0 Å². The van der Waals surface area contributed by atoms with Crippen molar-refractivity contribution in [2.75, 3.05) is 23.8 Å². The van der Waals surface area contributed by atoms with Crippen molar-refractivity contribution in [1.29, 1.82) is 0 Å². The Hall–Kier alpha value is -4.14. The summed E-state index contributed by atoms with van der Waals surface area (Å²) in [5, 5.41) is 9.36. The van der Waals surface area contributed by atoms with Crippen LogP contribution in [-0.4, -0.2) is 40.8 Å². The number of nitrogens with zero attached hydrogens (tertiary/aromatic N) is 2. The average Bonchev–Trinajstić information content (AvgIpc) is 3.14. The van der Waals surface area contributed by atoms with Gasteiger partial charge in [-0.05, 0) is 43.3 Å². The van der Waals surface area contributed by atoms with Gasteiger partial charge in [0.05, 0.1) is 12.8 Å². The molecule has 9 nitrogen and oxygen atoms in total. The molecule has 0 bridgehead atoms. The Kier molecular flexibility index (Phi) is 7.00. The summed E-state index contributed by atoms with van der Waals surface area (Å²) in [6.45, 7) is 1.77. The van der Waals surface area contributed by atoms with Crippen LogP contribution in [0, 0.1) is 0 Å². The summed E-state index contributed by atoms with van der Waals surface area (Å²) in [5.74, 6) is -0.489. The summed E-state index contributed by atoms with van der Waals surface area (Å²) in [4.78, 5) is 36.6. The van der Waals surface area contributed by atoms with Crippen molar-refractivity contribution < 1.29 is 23.9 Å². The molecule has 160 valence electrons. The van der Waals surface area contributed by atoms with Gasteiger partial charge in [-0.3, -0.25) is 14.3 Å². The molecule has 0 aliphatic carbocycles. The molecule has 1 heterocycles. The Morgan fingerprint density at radius 1 is 1.00 bits per heavy atom. The summed E-state index contributed by atoms with van der Waals surface area (Å²) < 4.78 is 11.8. The fraction of sp³-hybridized carbons (Fsp3) is 0.182. The zero-order chi connectivity index (χ0) is 22.2. The Morgan fingerprint density at radius 3 is 2.39 bits per heavy atom. The highest BCUT2D eigenvalue weighted by Gasteiger charge is 2.19. The molecular weight excluding hydrogens is 400 g/mol. The van der Waals surface area contributed by atoms with E-state index in [2.05, 4.69) is 15.7 Å². The third-order valence-electron chi connectivity index (χ3n) is 4.21. The molecule has 0 fully saturated rings. The van der Waals surface area contributed by atoms with Crippen LogP contribution in [0.25, 0.3) is 0 Å². The van der Waals surface area contributed by atoms with Crippen LogP contribution in [0.15, 0.2) is 60.8 Å². The Labute approximate surface area is 179 Å². The third-order valence-corrected chi connectivity index (χ3v) is 4.21. The van der Waals surface area contributed by atoms with Crippen LogP contribution in [0.3, 0.4) is 0 Å². The quantitative estimate of drug-likeness (QED) is 0.540. The number of anilines is 2. The molecule has 9 heteroatoms. The Bertz CT molecular complexity index is 1060. The van der Waals surface area contributed by atoms with Crippen LogP contribution in [-0.2, 0) is 16.6 Å². The number of benzene rings is 2. The lowest BCUT2D eigenvalue weighted by Gasteiger charge is -2.10. The molecule has 0 saturated heterocycles. The first-order valence-electron chi connectivity index (χ1n) is 9.56. The van der Waals surface area contributed by atoms with Gasteiger partial charge in [-0.1, -0.05) is 18.2 Å². The van der Waals surface area contributed by atoms with E-state index in [-0.39, 0.29) is 30.5 Å². The minimum atomic E-state index is -0.568. The number of aryl methyl sites for hydroxylation is 1. The molecule has 0 aliphatic heterocycles. The van der Waals surface area contributed by atoms with Gasteiger partial charge in [0.25, 0.3) is 11.8 Å². The SMILES string of the molecule is CCOC(=O)c1cnn(C)c1NC(=O)c1ccc(NC(=O)COc2ccccc2)cc1. The van der Waals surface area contributed by atoms with Crippen molar-refractivity contribution in [3.63, 3.8) is 0 Å². The molecule has 31 heavy (non-hydrogen) atoms. The van der Waals surface area contributed by atoms with E-state index in [1.165, 1.54) is 10.9 Å². The zero-order valence-electron chi connectivity index (χ0n) is 17.1. The van der Waals surface area contributed by atoms with E-state index in [1.807, 2.05) is 18.2 Å². The summed E-state index contributed by atoms with van der Waals surface area (Å²) in [6, 6.07) is 15.3. The first-order chi connectivity index (χ1) is 15.0. The van der Waals surface area contributed by atoms with Crippen LogP contribution in [0.1, 0.15) is 27.6 Å². The van der Waals surface area contributed by atoms with E-state index in [4.69, 9.17) is 9.47 Å². The van der Waals surface area contributed by atoms with Crippen molar-refractivity contribution in [2.45, 2.75) is 6.92 Å². The second-order valence-corrected chi connectivity index (χ2v) is 6.43. The second kappa shape index (κ2) is 10.1. The number of hydrogen-bond donors (Lipinski definition) is 2. The predicted octanol–water partition coefficient (Wildman–Crippen LogP) is 2.87. The van der Waals surface area contributed by atoms with Crippen molar-refractivity contribution in [1.82, 2.24) is 9.78 Å². The third kappa shape index (κ3) is 5.69. The molecule has 0 spiro atoms. The molecule has 0 radical (unpaired) electrons. The van der Waals surface area contributed by atoms with Crippen molar-refractivity contribution >= 4 is 29.3 Å². The monoisotopic (exact) mass is 422 g/mol. The van der Waals surface area contributed by atoms with Gasteiger partial charge in [0, 0.05) is 18.3 Å². The van der Waals surface area contributed by atoms with E-state index in [9.17, 15) is 14.4 Å². The molecule has 0 atom stereocenters. The number of para-hydroxylation sites is 1. The maximum Gasteiger partial charge on any atom is 0.343 e. The second-order valence-electron chi connectivity index (χ2n) is 6.43. The van der Waals surface area contributed by atoms with Crippen molar-refractivity contribution in [2.24, 2.45) is 7.05 Å². The van der Waals surface area contributed by atoms with Gasteiger partial charge in [-0.25, -0.2) is 4.79 Å². The van der Waals surface area contributed by atoms with E-state index in [0.717, 1.165) is 0 Å². The molecule has 0 unspecified atom stereocenters. The molecule has 0 aliphatic rings. The van der Waals surface area contributed by atoms with E-state index in [0.29, 0.717) is 17.0 Å². The molecule has 2 amide bonds. The van der Waals surface area contributed by atoms with E-state index < -0.39 is 11.9 Å². The highest BCUT2D eigenvalue weighted by Crippen LogP contribution is 2.18. The van der Waals surface area contributed by atoms with E-state index in [1.54, 1.807) is 50.4 Å². The van der Waals surface area contributed by atoms with Crippen LogP contribution >= 0.6 is 0 Å². The number of rotatable bonds is 8. The minimum Gasteiger partial charge on any atom is -0.484 e. The fourth-order valence-corrected chi connectivity index (χ4v) is 2.69. The number of esters is 1. The highest BCUT2D eigenvalue weighted by molar-refractivity contribution is 6.07. The first-order valence-corrected chi connectivity index (χ1v) is 9.56. The zero-order valence-corrected chi connectivity index (χ0v) is 17.1. The molecular formula is C22H22N4O5. The smallest absolute Gasteiger partial charge is 0.343 e. The molecule has 2 N–H and O–H groups in total. The average molecular weight is 422 g/mol. The van der Waals surface area contributed by atoms with Crippen molar-refractivity contribution in [3.05, 3.63) is 71.9 Å².